The first-order valence-electron chi connectivity index (χ1n) is 4.95. The minimum atomic E-state index is -0.657. The molecule has 1 unspecified atom stereocenters. The highest BCUT2D eigenvalue weighted by molar-refractivity contribution is 4.79. The van der Waals surface area contributed by atoms with Gasteiger partial charge in [0, 0.05) is 12.6 Å². The summed E-state index contributed by atoms with van der Waals surface area (Å²) < 4.78 is 13.3. The molecule has 1 fully saturated rings. The Hall–Kier alpha value is -0.110. The van der Waals surface area contributed by atoms with Crippen LogP contribution in [0.1, 0.15) is 33.1 Å². The molecule has 0 N–H and O–H groups in total. The Morgan fingerprint density at radius 2 is 2.00 bits per heavy atom. The molecule has 0 aromatic carbocycles. The maximum Gasteiger partial charge on any atom is 0.115 e. The second-order valence-electron chi connectivity index (χ2n) is 4.28. The fourth-order valence-corrected chi connectivity index (χ4v) is 1.46. The van der Waals surface area contributed by atoms with Crippen molar-refractivity contribution in [3.63, 3.8) is 0 Å². The number of rotatable bonds is 4. The monoisotopic (exact) mass is 173 g/mol. The Kier molecular flexibility index (Phi) is 3.51. The van der Waals surface area contributed by atoms with E-state index in [1.807, 2.05) is 20.9 Å². The fraction of sp³-hybridized carbons (Fsp3) is 1.00. The molecule has 0 radical (unpaired) electrons. The lowest BCUT2D eigenvalue weighted by molar-refractivity contribution is 0.104. The number of nitrogens with zero attached hydrogens (tertiary/aromatic N) is 1. The van der Waals surface area contributed by atoms with E-state index < -0.39 is 6.17 Å². The van der Waals surface area contributed by atoms with Crippen LogP contribution in [0, 0.1) is 5.92 Å². The molecule has 0 aromatic rings. The van der Waals surface area contributed by atoms with E-state index in [1.54, 1.807) is 0 Å². The fourth-order valence-electron chi connectivity index (χ4n) is 1.46. The highest BCUT2D eigenvalue weighted by Crippen LogP contribution is 2.24. The summed E-state index contributed by atoms with van der Waals surface area (Å²) in [7, 11) is 2.04. The molecule has 1 aliphatic carbocycles. The summed E-state index contributed by atoms with van der Waals surface area (Å²) in [6.07, 6.45) is 3.20. The van der Waals surface area contributed by atoms with E-state index in [1.165, 1.54) is 19.3 Å². The Bertz CT molecular complexity index is 132. The third kappa shape index (κ3) is 2.44. The molecule has 1 nitrogen and oxygen atoms in total. The van der Waals surface area contributed by atoms with E-state index >= 15 is 0 Å². The van der Waals surface area contributed by atoms with Gasteiger partial charge in [0.15, 0.2) is 0 Å². The first-order valence-corrected chi connectivity index (χ1v) is 4.95. The van der Waals surface area contributed by atoms with Gasteiger partial charge in [-0.2, -0.15) is 0 Å². The van der Waals surface area contributed by atoms with Gasteiger partial charge in [0.05, 0.1) is 0 Å². The minimum absolute atomic E-state index is 0.160. The van der Waals surface area contributed by atoms with E-state index in [0.29, 0.717) is 12.6 Å². The average molecular weight is 173 g/mol. The van der Waals surface area contributed by atoms with Crippen molar-refractivity contribution in [1.82, 2.24) is 4.90 Å². The van der Waals surface area contributed by atoms with Crippen LogP contribution in [0.3, 0.4) is 0 Å². The van der Waals surface area contributed by atoms with Crippen LogP contribution in [0.2, 0.25) is 0 Å². The normalized spacial score (nSPS) is 21.5. The summed E-state index contributed by atoms with van der Waals surface area (Å²) in [6, 6.07) is 0.669. The maximum atomic E-state index is 13.3. The van der Waals surface area contributed by atoms with Crippen molar-refractivity contribution in [1.29, 1.82) is 0 Å². The number of alkyl halides is 1. The first kappa shape index (κ1) is 9.97. The molecule has 2 heteroatoms. The van der Waals surface area contributed by atoms with Crippen LogP contribution in [0.15, 0.2) is 0 Å². The van der Waals surface area contributed by atoms with E-state index in [2.05, 4.69) is 4.90 Å². The van der Waals surface area contributed by atoms with Gasteiger partial charge in [-0.1, -0.05) is 20.3 Å². The lowest BCUT2D eigenvalue weighted by atomic mass is 9.91. The summed E-state index contributed by atoms with van der Waals surface area (Å²) in [5.74, 6) is 0.160. The van der Waals surface area contributed by atoms with Crippen LogP contribution in [0.25, 0.3) is 0 Å². The smallest absolute Gasteiger partial charge is 0.115 e. The highest BCUT2D eigenvalue weighted by atomic mass is 19.1. The number of hydrogen-bond donors (Lipinski definition) is 0. The van der Waals surface area contributed by atoms with Crippen LogP contribution >= 0.6 is 0 Å². The third-order valence-corrected chi connectivity index (χ3v) is 2.88. The van der Waals surface area contributed by atoms with E-state index in [0.717, 1.165) is 0 Å². The molecule has 1 aliphatic rings. The molecule has 12 heavy (non-hydrogen) atoms. The second kappa shape index (κ2) is 4.22. The summed E-state index contributed by atoms with van der Waals surface area (Å²) in [5, 5.41) is 0. The van der Waals surface area contributed by atoms with Gasteiger partial charge in [-0.15, -0.1) is 0 Å². The largest absolute Gasteiger partial charge is 0.301 e. The number of hydrogen-bond acceptors (Lipinski definition) is 1. The summed E-state index contributed by atoms with van der Waals surface area (Å²) in [4.78, 5) is 2.17. The molecular formula is C10H20FN. The zero-order valence-electron chi connectivity index (χ0n) is 8.39. The topological polar surface area (TPSA) is 3.24 Å². The van der Waals surface area contributed by atoms with E-state index in [9.17, 15) is 4.39 Å². The molecule has 0 aromatic heterocycles. The van der Waals surface area contributed by atoms with Crippen LogP contribution < -0.4 is 0 Å². The molecule has 1 atom stereocenters. The molecule has 72 valence electrons. The van der Waals surface area contributed by atoms with Crippen LogP contribution in [-0.4, -0.2) is 30.7 Å². The Labute approximate surface area is 74.9 Å². The second-order valence-corrected chi connectivity index (χ2v) is 4.28. The van der Waals surface area contributed by atoms with E-state index in [4.69, 9.17) is 0 Å². The molecule has 1 rings (SSSR count). The number of halogens is 1. The zero-order chi connectivity index (χ0) is 9.14. The average Bonchev–Trinajstić information content (AvgIpc) is 1.82. The molecule has 0 amide bonds. The lowest BCUT2D eigenvalue weighted by Gasteiger charge is -2.35. The van der Waals surface area contributed by atoms with Crippen molar-refractivity contribution < 1.29 is 4.39 Å². The maximum absolute atomic E-state index is 13.3. The molecule has 0 heterocycles. The van der Waals surface area contributed by atoms with Gasteiger partial charge in [0.2, 0.25) is 0 Å². The standard InChI is InChI=1S/C10H20FN/c1-8(2)10(11)7-12(3)9-5-4-6-9/h8-10H,4-7H2,1-3H3. The summed E-state index contributed by atoms with van der Waals surface area (Å²) >= 11 is 0. The molecular weight excluding hydrogens is 153 g/mol. The molecule has 0 saturated heterocycles. The minimum Gasteiger partial charge on any atom is -0.301 e. The van der Waals surface area contributed by atoms with Gasteiger partial charge in [0.25, 0.3) is 0 Å². The van der Waals surface area contributed by atoms with Crippen molar-refractivity contribution >= 4 is 0 Å². The Morgan fingerprint density at radius 3 is 2.33 bits per heavy atom. The third-order valence-electron chi connectivity index (χ3n) is 2.88. The van der Waals surface area contributed by atoms with Gasteiger partial charge in [-0.25, -0.2) is 4.39 Å². The van der Waals surface area contributed by atoms with Gasteiger partial charge < -0.3 is 4.90 Å². The molecule has 0 spiro atoms. The van der Waals surface area contributed by atoms with Crippen molar-refractivity contribution in [3.05, 3.63) is 0 Å². The van der Waals surface area contributed by atoms with Crippen LogP contribution in [-0.2, 0) is 0 Å². The van der Waals surface area contributed by atoms with Gasteiger partial charge in [-0.3, -0.25) is 0 Å². The van der Waals surface area contributed by atoms with Gasteiger partial charge in [-0.05, 0) is 25.8 Å². The molecule has 0 bridgehead atoms. The predicted molar refractivity (Wildman–Crippen MR) is 50.0 cm³/mol. The van der Waals surface area contributed by atoms with Crippen molar-refractivity contribution in [2.45, 2.75) is 45.3 Å². The molecule has 1 saturated carbocycles. The molecule has 0 aliphatic heterocycles. The zero-order valence-corrected chi connectivity index (χ0v) is 8.39. The van der Waals surface area contributed by atoms with Crippen molar-refractivity contribution in [2.75, 3.05) is 13.6 Å². The van der Waals surface area contributed by atoms with Crippen LogP contribution in [0.5, 0.6) is 0 Å². The van der Waals surface area contributed by atoms with Crippen LogP contribution in [0.4, 0.5) is 4.39 Å². The van der Waals surface area contributed by atoms with E-state index in [-0.39, 0.29) is 5.92 Å². The predicted octanol–water partition coefficient (Wildman–Crippen LogP) is 2.46. The summed E-state index contributed by atoms with van der Waals surface area (Å²) in [5.41, 5.74) is 0. The SMILES string of the molecule is CC(C)C(F)CN(C)C1CCC1. The Morgan fingerprint density at radius 1 is 1.42 bits per heavy atom. The highest BCUT2D eigenvalue weighted by Gasteiger charge is 2.24. The lowest BCUT2D eigenvalue weighted by Crippen LogP contribution is -2.41. The quantitative estimate of drug-likeness (QED) is 0.631. The van der Waals surface area contributed by atoms with Crippen molar-refractivity contribution in [2.24, 2.45) is 5.92 Å². The Balaban J connectivity index is 2.20. The first-order chi connectivity index (χ1) is 5.61. The van der Waals surface area contributed by atoms with Crippen molar-refractivity contribution in [3.8, 4) is 0 Å². The van der Waals surface area contributed by atoms with Gasteiger partial charge >= 0.3 is 0 Å². The van der Waals surface area contributed by atoms with Gasteiger partial charge in [0.1, 0.15) is 6.17 Å². The summed E-state index contributed by atoms with van der Waals surface area (Å²) in [6.45, 7) is 4.50.